The monoisotopic (exact) mass is 420 g/mol. The molecule has 2 aromatic heterocycles. The van der Waals surface area contributed by atoms with Crippen LogP contribution < -0.4 is 21.3 Å². The molecule has 9 nitrogen and oxygen atoms in total. The lowest BCUT2D eigenvalue weighted by Crippen LogP contribution is -2.28. The predicted octanol–water partition coefficient (Wildman–Crippen LogP) is 2.23. The molecule has 31 heavy (non-hydrogen) atoms. The maximum atomic E-state index is 12.1. The van der Waals surface area contributed by atoms with Crippen LogP contribution in [0.1, 0.15) is 15.9 Å². The summed E-state index contributed by atoms with van der Waals surface area (Å²) in [6, 6.07) is 14.0. The number of nitrogens with one attached hydrogen (secondary N) is 4. The summed E-state index contributed by atoms with van der Waals surface area (Å²) >= 11 is 0. The molecule has 0 spiro atoms. The Morgan fingerprint density at radius 2 is 1.87 bits per heavy atom. The van der Waals surface area contributed by atoms with Crippen molar-refractivity contribution in [2.45, 2.75) is 6.54 Å². The van der Waals surface area contributed by atoms with Crippen molar-refractivity contribution in [3.05, 3.63) is 72.1 Å². The molecule has 0 aliphatic carbocycles. The van der Waals surface area contributed by atoms with Crippen LogP contribution in [0.5, 0.6) is 0 Å². The van der Waals surface area contributed by atoms with Crippen LogP contribution in [0.2, 0.25) is 0 Å². The van der Waals surface area contributed by atoms with E-state index in [1.54, 1.807) is 43.7 Å². The van der Waals surface area contributed by atoms with Gasteiger partial charge in [-0.3, -0.25) is 9.78 Å². The Morgan fingerprint density at radius 3 is 2.55 bits per heavy atom. The highest BCUT2D eigenvalue weighted by atomic mass is 16.3. The normalized spacial score (nSPS) is 10.3. The first-order chi connectivity index (χ1) is 15.1. The van der Waals surface area contributed by atoms with Crippen LogP contribution >= 0.6 is 0 Å². The minimum atomic E-state index is -0.319. The molecular formula is C22H24N6O3. The average Bonchev–Trinajstić information content (AvgIpc) is 2.82. The van der Waals surface area contributed by atoms with Crippen LogP contribution in [0.15, 0.2) is 60.9 Å². The van der Waals surface area contributed by atoms with Crippen LogP contribution in [0.3, 0.4) is 0 Å². The Bertz CT molecular complexity index is 1030. The van der Waals surface area contributed by atoms with Gasteiger partial charge in [-0.25, -0.2) is 9.78 Å². The Labute approximate surface area is 179 Å². The summed E-state index contributed by atoms with van der Waals surface area (Å²) in [5, 5.41) is 20.2. The van der Waals surface area contributed by atoms with E-state index in [9.17, 15) is 9.59 Å². The highest BCUT2D eigenvalue weighted by Crippen LogP contribution is 2.23. The SMILES string of the molecule is CNC(=O)c1ccc(-c2ccc(NC(=O)NCc3cccnc3)cc2)nc1NCCO. The average molecular weight is 420 g/mol. The molecule has 0 atom stereocenters. The third-order valence-corrected chi connectivity index (χ3v) is 4.39. The number of amides is 3. The molecule has 2 heterocycles. The summed E-state index contributed by atoms with van der Waals surface area (Å²) in [4.78, 5) is 32.7. The number of carbonyl (C=O) groups is 2. The Morgan fingerprint density at radius 1 is 1.06 bits per heavy atom. The fourth-order valence-electron chi connectivity index (χ4n) is 2.83. The van der Waals surface area contributed by atoms with E-state index < -0.39 is 0 Å². The lowest BCUT2D eigenvalue weighted by Gasteiger charge is -2.12. The zero-order valence-electron chi connectivity index (χ0n) is 17.1. The maximum absolute atomic E-state index is 12.1. The lowest BCUT2D eigenvalue weighted by atomic mass is 10.1. The van der Waals surface area contributed by atoms with Crippen molar-refractivity contribution in [3.8, 4) is 11.3 Å². The van der Waals surface area contributed by atoms with Crippen molar-refractivity contribution in [2.75, 3.05) is 30.8 Å². The van der Waals surface area contributed by atoms with Crippen LogP contribution in [0.25, 0.3) is 11.3 Å². The number of carbonyl (C=O) groups excluding carboxylic acids is 2. The molecule has 5 N–H and O–H groups in total. The van der Waals surface area contributed by atoms with Gasteiger partial charge in [0, 0.05) is 43.8 Å². The van der Waals surface area contributed by atoms with Gasteiger partial charge in [-0.1, -0.05) is 18.2 Å². The molecule has 0 saturated carbocycles. The number of aromatic nitrogens is 2. The van der Waals surface area contributed by atoms with Gasteiger partial charge in [-0.2, -0.15) is 0 Å². The van der Waals surface area contributed by atoms with Crippen LogP contribution in [-0.2, 0) is 6.54 Å². The van der Waals surface area contributed by atoms with Crippen molar-refractivity contribution in [2.24, 2.45) is 0 Å². The number of benzene rings is 1. The van der Waals surface area contributed by atoms with Crippen LogP contribution in [0, 0.1) is 0 Å². The first-order valence-corrected chi connectivity index (χ1v) is 9.72. The smallest absolute Gasteiger partial charge is 0.319 e. The third-order valence-electron chi connectivity index (χ3n) is 4.39. The molecular weight excluding hydrogens is 396 g/mol. The fraction of sp³-hybridized carbons (Fsp3) is 0.182. The van der Waals surface area contributed by atoms with Crippen LogP contribution in [0.4, 0.5) is 16.3 Å². The summed E-state index contributed by atoms with van der Waals surface area (Å²) in [6.45, 7) is 0.572. The maximum Gasteiger partial charge on any atom is 0.319 e. The zero-order chi connectivity index (χ0) is 22.1. The lowest BCUT2D eigenvalue weighted by molar-refractivity contribution is 0.0963. The predicted molar refractivity (Wildman–Crippen MR) is 119 cm³/mol. The van der Waals surface area contributed by atoms with Gasteiger partial charge in [0.2, 0.25) is 0 Å². The van der Waals surface area contributed by atoms with E-state index in [0.29, 0.717) is 29.3 Å². The molecule has 3 rings (SSSR count). The zero-order valence-corrected chi connectivity index (χ0v) is 17.1. The van der Waals surface area contributed by atoms with E-state index in [2.05, 4.69) is 31.2 Å². The molecule has 0 aliphatic heterocycles. The minimum Gasteiger partial charge on any atom is -0.395 e. The Kier molecular flexibility index (Phi) is 7.50. The molecule has 0 saturated heterocycles. The van der Waals surface area contributed by atoms with Crippen LogP contribution in [-0.4, -0.2) is 47.2 Å². The van der Waals surface area contributed by atoms with Gasteiger partial charge in [-0.05, 0) is 35.9 Å². The largest absolute Gasteiger partial charge is 0.395 e. The van der Waals surface area contributed by atoms with Gasteiger partial charge in [0.25, 0.3) is 5.91 Å². The number of rotatable bonds is 8. The number of urea groups is 1. The number of anilines is 2. The van der Waals surface area contributed by atoms with E-state index in [-0.39, 0.29) is 25.1 Å². The van der Waals surface area contributed by atoms with Gasteiger partial charge in [0.1, 0.15) is 5.82 Å². The van der Waals surface area contributed by atoms with Gasteiger partial charge in [0.15, 0.2) is 0 Å². The van der Waals surface area contributed by atoms with Crippen molar-refractivity contribution >= 4 is 23.4 Å². The van der Waals surface area contributed by atoms with E-state index in [0.717, 1.165) is 11.1 Å². The summed E-state index contributed by atoms with van der Waals surface area (Å²) in [6.07, 6.45) is 3.37. The second kappa shape index (κ2) is 10.7. The number of pyridine rings is 2. The molecule has 3 aromatic rings. The molecule has 0 aliphatic rings. The first-order valence-electron chi connectivity index (χ1n) is 9.72. The number of hydrogen-bond donors (Lipinski definition) is 5. The standard InChI is InChI=1S/C22H24N6O3/c1-23-21(30)18-8-9-19(28-20(18)25-11-12-29)16-4-6-17(7-5-16)27-22(31)26-14-15-3-2-10-24-13-15/h2-10,13,29H,11-12,14H2,1H3,(H,23,30)(H,25,28)(H2,26,27,31). The van der Waals surface area contributed by atoms with Crippen molar-refractivity contribution in [3.63, 3.8) is 0 Å². The van der Waals surface area contributed by atoms with E-state index in [1.807, 2.05) is 24.3 Å². The first kappa shape index (κ1) is 21.7. The van der Waals surface area contributed by atoms with E-state index in [4.69, 9.17) is 5.11 Å². The number of aliphatic hydroxyl groups is 1. The summed E-state index contributed by atoms with van der Waals surface area (Å²) in [7, 11) is 1.55. The topological polar surface area (TPSA) is 128 Å². The Balaban J connectivity index is 1.67. The molecule has 9 heteroatoms. The second-order valence-electron chi connectivity index (χ2n) is 6.57. The summed E-state index contributed by atoms with van der Waals surface area (Å²) in [5.74, 6) is 0.124. The highest BCUT2D eigenvalue weighted by molar-refractivity contribution is 5.99. The Hall–Kier alpha value is -3.98. The van der Waals surface area contributed by atoms with Gasteiger partial charge in [0.05, 0.1) is 17.9 Å². The third kappa shape index (κ3) is 6.00. The van der Waals surface area contributed by atoms with Crippen molar-refractivity contribution < 1.29 is 14.7 Å². The molecule has 0 unspecified atom stereocenters. The van der Waals surface area contributed by atoms with Gasteiger partial charge >= 0.3 is 6.03 Å². The molecule has 0 radical (unpaired) electrons. The van der Waals surface area contributed by atoms with Gasteiger partial charge < -0.3 is 26.4 Å². The number of nitrogens with zero attached hydrogens (tertiary/aromatic N) is 2. The van der Waals surface area contributed by atoms with Crippen molar-refractivity contribution in [1.82, 2.24) is 20.6 Å². The molecule has 160 valence electrons. The van der Waals surface area contributed by atoms with E-state index in [1.165, 1.54) is 0 Å². The second-order valence-corrected chi connectivity index (χ2v) is 6.57. The molecule has 0 bridgehead atoms. The quantitative estimate of drug-likeness (QED) is 0.380. The van der Waals surface area contributed by atoms with E-state index >= 15 is 0 Å². The fourth-order valence-corrected chi connectivity index (χ4v) is 2.83. The number of hydrogen-bond acceptors (Lipinski definition) is 6. The molecule has 0 fully saturated rings. The number of aliphatic hydroxyl groups excluding tert-OH is 1. The minimum absolute atomic E-state index is 0.0810. The molecule has 1 aromatic carbocycles. The molecule has 3 amide bonds. The van der Waals surface area contributed by atoms with Gasteiger partial charge in [-0.15, -0.1) is 0 Å². The summed E-state index contributed by atoms with van der Waals surface area (Å²) < 4.78 is 0. The van der Waals surface area contributed by atoms with Crippen molar-refractivity contribution in [1.29, 1.82) is 0 Å². The summed E-state index contributed by atoms with van der Waals surface area (Å²) in [5.41, 5.74) is 3.40. The highest BCUT2D eigenvalue weighted by Gasteiger charge is 2.13.